The van der Waals surface area contributed by atoms with Crippen molar-refractivity contribution in [3.05, 3.63) is 204 Å². The van der Waals surface area contributed by atoms with Gasteiger partial charge in [0.2, 0.25) is 0 Å². The minimum Gasteiger partial charge on any atom is -0.361 e. The van der Waals surface area contributed by atoms with Crippen LogP contribution in [0.2, 0.25) is 0 Å². The lowest BCUT2D eigenvalue weighted by Gasteiger charge is -2.23. The van der Waals surface area contributed by atoms with Gasteiger partial charge in [-0.05, 0) is 76.9 Å². The van der Waals surface area contributed by atoms with E-state index in [-0.39, 0.29) is 5.82 Å². The third kappa shape index (κ3) is 5.46. The van der Waals surface area contributed by atoms with Crippen molar-refractivity contribution in [2.45, 2.75) is 0 Å². The van der Waals surface area contributed by atoms with Crippen LogP contribution in [0.25, 0.3) is 77.0 Å². The Labute approximate surface area is 333 Å². The number of nitrogens with zero attached hydrogens (tertiary/aromatic N) is 5. The Hall–Kier alpha value is -8.39. The molecule has 0 atom stereocenters. The Morgan fingerprint density at radius 2 is 1.10 bits per heavy atom. The molecule has 7 nitrogen and oxygen atoms in total. The van der Waals surface area contributed by atoms with Gasteiger partial charge in [-0.15, -0.1) is 4.98 Å². The molecule has 270 valence electrons. The van der Waals surface area contributed by atoms with Gasteiger partial charge in [-0.2, -0.15) is 5.26 Å². The number of nitriles is 1. The molecule has 0 radical (unpaired) electrons. The quantitative estimate of drug-likeness (QED) is 0.125. The molecule has 2 aromatic heterocycles. The summed E-state index contributed by atoms with van der Waals surface area (Å²) in [5.74, 6) is -0.539. The number of benzene rings is 7. The maximum absolute atomic E-state index is 15.3. The Balaban J connectivity index is 1.23. The summed E-state index contributed by atoms with van der Waals surface area (Å²) in [5.41, 5.74) is 10.3. The average molecular weight is 744 g/mol. The van der Waals surface area contributed by atoms with E-state index in [0.717, 1.165) is 60.8 Å². The first-order valence-electron chi connectivity index (χ1n) is 18.7. The molecule has 0 fully saturated rings. The van der Waals surface area contributed by atoms with E-state index in [9.17, 15) is 10.1 Å². The predicted octanol–water partition coefficient (Wildman–Crippen LogP) is 12.1. The summed E-state index contributed by atoms with van der Waals surface area (Å²) in [4.78, 5) is 39.6. The number of aromatic nitrogens is 2. The number of fused-ring (bicyclic) bond motifs is 4. The van der Waals surface area contributed by atoms with Crippen molar-refractivity contribution < 1.29 is 9.59 Å². The predicted molar refractivity (Wildman–Crippen MR) is 229 cm³/mol. The van der Waals surface area contributed by atoms with Crippen LogP contribution in [0.4, 0.5) is 11.5 Å². The molecule has 9 aromatic rings. The van der Waals surface area contributed by atoms with Gasteiger partial charge in [0.25, 0.3) is 17.6 Å². The number of hydrogen-bond acceptors (Lipinski definition) is 4. The van der Waals surface area contributed by atoms with E-state index < -0.39 is 11.8 Å². The van der Waals surface area contributed by atoms with Crippen LogP contribution in [-0.2, 0) is 0 Å². The van der Waals surface area contributed by atoms with E-state index in [1.807, 2.05) is 146 Å². The van der Waals surface area contributed by atoms with E-state index in [0.29, 0.717) is 33.8 Å². The normalized spacial score (nSPS) is 12.1. The molecule has 0 saturated heterocycles. The third-order valence-electron chi connectivity index (χ3n) is 10.8. The van der Waals surface area contributed by atoms with Gasteiger partial charge in [-0.3, -0.25) is 9.59 Å². The van der Waals surface area contributed by atoms with E-state index in [1.165, 1.54) is 4.90 Å². The van der Waals surface area contributed by atoms with Crippen LogP contribution in [0.3, 0.4) is 0 Å². The highest BCUT2D eigenvalue weighted by Gasteiger charge is 2.41. The Morgan fingerprint density at radius 3 is 1.78 bits per heavy atom. The number of anilines is 1. The highest BCUT2D eigenvalue weighted by Crippen LogP contribution is 2.45. The smallest absolute Gasteiger partial charge is 0.270 e. The van der Waals surface area contributed by atoms with Gasteiger partial charge in [0.05, 0.1) is 45.2 Å². The number of carbonyl (C=O) groups is 2. The van der Waals surface area contributed by atoms with E-state index >= 15 is 4.79 Å². The lowest BCUT2D eigenvalue weighted by molar-refractivity contribution is 0.0926. The molecule has 1 aliphatic heterocycles. The van der Waals surface area contributed by atoms with Crippen LogP contribution in [0, 0.1) is 17.9 Å². The number of rotatable bonds is 6. The van der Waals surface area contributed by atoms with Gasteiger partial charge in [0.15, 0.2) is 5.69 Å². The summed E-state index contributed by atoms with van der Waals surface area (Å²) in [7, 11) is 0. The fourth-order valence-electron chi connectivity index (χ4n) is 8.17. The summed E-state index contributed by atoms with van der Waals surface area (Å²) >= 11 is 0. The van der Waals surface area contributed by atoms with E-state index in [2.05, 4.69) is 32.6 Å². The van der Waals surface area contributed by atoms with Crippen LogP contribution in [0.1, 0.15) is 26.3 Å². The molecule has 2 amide bonds. The van der Waals surface area contributed by atoms with Crippen molar-refractivity contribution in [3.63, 3.8) is 0 Å². The summed E-state index contributed by atoms with van der Waals surface area (Å²) < 4.78 is 2.05. The summed E-state index contributed by atoms with van der Waals surface area (Å²) in [6, 6.07) is 58.2. The summed E-state index contributed by atoms with van der Waals surface area (Å²) in [5, 5.41) is 11.6. The first-order chi connectivity index (χ1) is 28.5. The van der Waals surface area contributed by atoms with Gasteiger partial charge < -0.3 is 9.41 Å². The molecule has 0 unspecified atom stereocenters. The summed E-state index contributed by atoms with van der Waals surface area (Å²) in [6.45, 7) is 7.56. The highest BCUT2D eigenvalue weighted by atomic mass is 16.2. The van der Waals surface area contributed by atoms with Crippen molar-refractivity contribution >= 4 is 45.1 Å². The Bertz CT molecular complexity index is 3070. The lowest BCUT2D eigenvalue weighted by Crippen LogP contribution is -2.30. The fourth-order valence-corrected chi connectivity index (χ4v) is 8.17. The molecule has 3 heterocycles. The summed E-state index contributed by atoms with van der Waals surface area (Å²) in [6.07, 6.45) is 0. The first kappa shape index (κ1) is 34.1. The van der Waals surface area contributed by atoms with Gasteiger partial charge >= 0.3 is 0 Å². The van der Waals surface area contributed by atoms with Gasteiger partial charge in [-0.1, -0.05) is 128 Å². The molecule has 0 bridgehead atoms. The zero-order valence-corrected chi connectivity index (χ0v) is 30.8. The van der Waals surface area contributed by atoms with Crippen molar-refractivity contribution in [1.29, 1.82) is 5.26 Å². The number of imide groups is 1. The minimum atomic E-state index is -0.424. The maximum Gasteiger partial charge on any atom is 0.270 e. The fraction of sp³-hybridized carbons (Fsp3) is 0. The molecule has 7 aromatic carbocycles. The second-order valence-corrected chi connectivity index (χ2v) is 14.1. The standard InChI is InChI=1S/C51H29N5O2/c1-53-47-23-11-21-43(54-47)37-25-27-41-40-26-24-36(35-17-8-12-32(28-35)31-52)29-45(40)55(46(41)30-37)44-22-10-20-42-48(44)51(58)56(50(42)57)49-38(33-13-4-2-5-14-33)18-9-19-39(49)34-15-6-3-7-16-34/h2-30H. The van der Waals surface area contributed by atoms with Gasteiger partial charge in [0.1, 0.15) is 0 Å². The van der Waals surface area contributed by atoms with Crippen molar-refractivity contribution in [1.82, 2.24) is 9.55 Å². The number of pyridine rings is 1. The molecule has 7 heteroatoms. The molecule has 0 spiro atoms. The number of para-hydroxylation sites is 1. The minimum absolute atomic E-state index is 0.290. The maximum atomic E-state index is 15.3. The van der Waals surface area contributed by atoms with Crippen LogP contribution in [0.15, 0.2) is 176 Å². The van der Waals surface area contributed by atoms with Crippen molar-refractivity contribution in [3.8, 4) is 56.4 Å². The molecule has 58 heavy (non-hydrogen) atoms. The SMILES string of the molecule is [C-]#[N+]c1cccc(-c2ccc3c4ccc(-c5cccc(C#N)c5)cc4n(-c4cccc5c4C(=O)N(c4c(-c6ccccc6)cccc4-c4ccccc4)C5=O)c3c2)n1. The third-order valence-corrected chi connectivity index (χ3v) is 10.8. The molecule has 10 rings (SSSR count). The zero-order valence-electron chi connectivity index (χ0n) is 30.8. The Morgan fingerprint density at radius 1 is 0.534 bits per heavy atom. The van der Waals surface area contributed by atoms with Crippen molar-refractivity contribution in [2.75, 3.05) is 4.90 Å². The first-order valence-corrected chi connectivity index (χ1v) is 18.7. The highest BCUT2D eigenvalue weighted by molar-refractivity contribution is 6.37. The second kappa shape index (κ2) is 13.7. The van der Waals surface area contributed by atoms with Gasteiger partial charge in [-0.25, -0.2) is 4.90 Å². The zero-order chi connectivity index (χ0) is 39.3. The van der Waals surface area contributed by atoms with Gasteiger partial charge in [0, 0.05) is 27.5 Å². The molecule has 0 N–H and O–H groups in total. The van der Waals surface area contributed by atoms with E-state index in [1.54, 1.807) is 18.2 Å². The molecular weight excluding hydrogens is 715 g/mol. The van der Waals surface area contributed by atoms with E-state index in [4.69, 9.17) is 6.57 Å². The van der Waals surface area contributed by atoms with Crippen molar-refractivity contribution in [2.24, 2.45) is 0 Å². The topological polar surface area (TPSA) is 83.4 Å². The Kier molecular flexibility index (Phi) is 8.07. The average Bonchev–Trinajstić information content (AvgIpc) is 3.75. The second-order valence-electron chi connectivity index (χ2n) is 14.1. The largest absolute Gasteiger partial charge is 0.361 e. The van der Waals surface area contributed by atoms with Crippen LogP contribution >= 0.6 is 0 Å². The molecular formula is C51H29N5O2. The lowest BCUT2D eigenvalue weighted by atomic mass is 9.95. The molecule has 0 aliphatic carbocycles. The van der Waals surface area contributed by atoms with Crippen LogP contribution in [0.5, 0.6) is 0 Å². The number of hydrogen-bond donors (Lipinski definition) is 0. The monoisotopic (exact) mass is 743 g/mol. The van der Waals surface area contributed by atoms with Crippen LogP contribution in [-0.4, -0.2) is 21.4 Å². The van der Waals surface area contributed by atoms with Crippen LogP contribution < -0.4 is 4.90 Å². The molecule has 0 saturated carbocycles. The molecule has 1 aliphatic rings. The number of carbonyl (C=O) groups excluding carboxylic acids is 2. The number of amides is 2.